The second kappa shape index (κ2) is 7.21. The Hall–Kier alpha value is -2.76. The van der Waals surface area contributed by atoms with Gasteiger partial charge in [-0.1, -0.05) is 12.1 Å². The lowest BCUT2D eigenvalue weighted by Crippen LogP contribution is -2.38. The number of rotatable bonds is 6. The van der Waals surface area contributed by atoms with Crippen molar-refractivity contribution in [1.82, 2.24) is 15.1 Å². The summed E-state index contributed by atoms with van der Waals surface area (Å²) in [5.74, 6) is 1.15. The monoisotopic (exact) mass is 327 g/mol. The van der Waals surface area contributed by atoms with Crippen LogP contribution in [0, 0.1) is 0 Å². The van der Waals surface area contributed by atoms with E-state index in [9.17, 15) is 4.79 Å². The third kappa shape index (κ3) is 3.42. The van der Waals surface area contributed by atoms with Gasteiger partial charge in [0.15, 0.2) is 18.1 Å². The Morgan fingerprint density at radius 3 is 3.12 bits per heavy atom. The lowest BCUT2D eigenvalue weighted by atomic mass is 10.1. The van der Waals surface area contributed by atoms with E-state index in [1.165, 1.54) is 0 Å². The molecule has 0 saturated carbocycles. The lowest BCUT2D eigenvalue weighted by molar-refractivity contribution is -0.134. The standard InChI is InChI=1S/C18H21N3O3/c1-3-4-13-5-6-16(17(9-13)23-2)24-12-18(22)21-8-7-15-14(11-21)10-19-20-15/h3,5-6,9-10H,1,4,7-8,11-12H2,2H3,(H,19,20). The van der Waals surface area contributed by atoms with E-state index < -0.39 is 0 Å². The summed E-state index contributed by atoms with van der Waals surface area (Å²) in [6, 6.07) is 5.68. The molecule has 6 heteroatoms. The van der Waals surface area contributed by atoms with Gasteiger partial charge in [0.25, 0.3) is 5.91 Å². The van der Waals surface area contributed by atoms with E-state index >= 15 is 0 Å². The number of carbonyl (C=O) groups is 1. The summed E-state index contributed by atoms with van der Waals surface area (Å²) in [4.78, 5) is 14.2. The van der Waals surface area contributed by atoms with Crippen LogP contribution in [-0.4, -0.2) is 41.3 Å². The highest BCUT2D eigenvalue weighted by Crippen LogP contribution is 2.28. The van der Waals surface area contributed by atoms with E-state index in [0.717, 1.165) is 29.7 Å². The predicted octanol–water partition coefficient (Wildman–Crippen LogP) is 2.11. The number of amides is 1. The molecular weight excluding hydrogens is 306 g/mol. The van der Waals surface area contributed by atoms with Crippen LogP contribution in [0.5, 0.6) is 11.5 Å². The van der Waals surface area contributed by atoms with Crippen molar-refractivity contribution in [3.8, 4) is 11.5 Å². The zero-order chi connectivity index (χ0) is 16.9. The van der Waals surface area contributed by atoms with Crippen molar-refractivity contribution in [2.75, 3.05) is 20.3 Å². The number of hydrogen-bond acceptors (Lipinski definition) is 4. The number of aromatic amines is 1. The molecule has 0 fully saturated rings. The topological polar surface area (TPSA) is 67.5 Å². The molecule has 0 atom stereocenters. The summed E-state index contributed by atoms with van der Waals surface area (Å²) >= 11 is 0. The minimum Gasteiger partial charge on any atom is -0.493 e. The second-order valence-corrected chi connectivity index (χ2v) is 5.71. The zero-order valence-corrected chi connectivity index (χ0v) is 13.7. The van der Waals surface area contributed by atoms with Crippen LogP contribution in [0.1, 0.15) is 16.8 Å². The largest absolute Gasteiger partial charge is 0.493 e. The van der Waals surface area contributed by atoms with Gasteiger partial charge in [0.2, 0.25) is 0 Å². The van der Waals surface area contributed by atoms with Crippen LogP contribution in [-0.2, 0) is 24.2 Å². The maximum Gasteiger partial charge on any atom is 0.260 e. The van der Waals surface area contributed by atoms with Gasteiger partial charge >= 0.3 is 0 Å². The molecule has 24 heavy (non-hydrogen) atoms. The van der Waals surface area contributed by atoms with Crippen molar-refractivity contribution in [1.29, 1.82) is 0 Å². The van der Waals surface area contributed by atoms with Crippen LogP contribution < -0.4 is 9.47 Å². The van der Waals surface area contributed by atoms with Gasteiger partial charge in [-0.05, 0) is 24.1 Å². The fourth-order valence-electron chi connectivity index (χ4n) is 2.79. The lowest BCUT2D eigenvalue weighted by Gasteiger charge is -2.26. The van der Waals surface area contributed by atoms with Gasteiger partial charge in [-0.25, -0.2) is 0 Å². The first-order valence-electron chi connectivity index (χ1n) is 7.90. The minimum atomic E-state index is -0.0425. The van der Waals surface area contributed by atoms with E-state index in [2.05, 4.69) is 16.8 Å². The summed E-state index contributed by atoms with van der Waals surface area (Å²) in [6.07, 6.45) is 5.16. The first-order chi connectivity index (χ1) is 11.7. The van der Waals surface area contributed by atoms with Gasteiger partial charge in [-0.15, -0.1) is 6.58 Å². The van der Waals surface area contributed by atoms with Gasteiger partial charge in [0, 0.05) is 30.8 Å². The average molecular weight is 327 g/mol. The molecule has 1 aliphatic rings. The Morgan fingerprint density at radius 1 is 1.46 bits per heavy atom. The van der Waals surface area contributed by atoms with Crippen LogP contribution in [0.4, 0.5) is 0 Å². The van der Waals surface area contributed by atoms with Crippen LogP contribution in [0.3, 0.4) is 0 Å². The number of nitrogens with one attached hydrogen (secondary N) is 1. The summed E-state index contributed by atoms with van der Waals surface area (Å²) in [6.45, 7) is 4.97. The third-order valence-corrected chi connectivity index (χ3v) is 4.11. The molecule has 3 rings (SSSR count). The highest BCUT2D eigenvalue weighted by molar-refractivity contribution is 5.78. The number of benzene rings is 1. The van der Waals surface area contributed by atoms with Crippen molar-refractivity contribution < 1.29 is 14.3 Å². The number of nitrogens with zero attached hydrogens (tertiary/aromatic N) is 2. The summed E-state index contributed by atoms with van der Waals surface area (Å²) in [5.41, 5.74) is 3.27. The molecule has 1 aliphatic heterocycles. The Kier molecular flexibility index (Phi) is 4.84. The average Bonchev–Trinajstić information content (AvgIpc) is 3.08. The van der Waals surface area contributed by atoms with E-state index in [-0.39, 0.29) is 12.5 Å². The molecule has 0 unspecified atom stereocenters. The molecule has 6 nitrogen and oxygen atoms in total. The van der Waals surface area contributed by atoms with Gasteiger partial charge < -0.3 is 14.4 Å². The van der Waals surface area contributed by atoms with Crippen molar-refractivity contribution >= 4 is 5.91 Å². The molecule has 2 heterocycles. The molecule has 0 saturated heterocycles. The Bertz CT molecular complexity index is 739. The molecule has 1 amide bonds. The second-order valence-electron chi connectivity index (χ2n) is 5.71. The number of H-pyrrole nitrogens is 1. The molecule has 1 N–H and O–H groups in total. The van der Waals surface area contributed by atoms with Crippen molar-refractivity contribution in [3.63, 3.8) is 0 Å². The summed E-state index contributed by atoms with van der Waals surface area (Å²) in [7, 11) is 1.59. The maximum atomic E-state index is 12.4. The molecule has 0 radical (unpaired) electrons. The zero-order valence-electron chi connectivity index (χ0n) is 13.7. The van der Waals surface area contributed by atoms with E-state index in [0.29, 0.717) is 24.6 Å². The van der Waals surface area contributed by atoms with Gasteiger partial charge in [-0.3, -0.25) is 9.89 Å². The van der Waals surface area contributed by atoms with E-state index in [1.54, 1.807) is 18.2 Å². The molecule has 0 bridgehead atoms. The molecular formula is C18H21N3O3. The Morgan fingerprint density at radius 2 is 2.33 bits per heavy atom. The molecule has 0 spiro atoms. The molecule has 0 aliphatic carbocycles. The molecule has 1 aromatic carbocycles. The van der Waals surface area contributed by atoms with Crippen molar-refractivity contribution in [3.05, 3.63) is 53.9 Å². The normalized spacial score (nSPS) is 13.3. The molecule has 2 aromatic rings. The number of aromatic nitrogens is 2. The fraction of sp³-hybridized carbons (Fsp3) is 0.333. The van der Waals surface area contributed by atoms with Gasteiger partial charge in [-0.2, -0.15) is 5.10 Å². The van der Waals surface area contributed by atoms with Crippen LogP contribution >= 0.6 is 0 Å². The smallest absolute Gasteiger partial charge is 0.260 e. The van der Waals surface area contributed by atoms with E-state index in [1.807, 2.05) is 24.3 Å². The van der Waals surface area contributed by atoms with Crippen molar-refractivity contribution in [2.45, 2.75) is 19.4 Å². The fourth-order valence-corrected chi connectivity index (χ4v) is 2.79. The number of methoxy groups -OCH3 is 1. The number of hydrogen-bond donors (Lipinski definition) is 1. The Labute approximate surface area is 141 Å². The summed E-state index contributed by atoms with van der Waals surface area (Å²) in [5, 5.41) is 6.98. The SMILES string of the molecule is C=CCc1ccc(OCC(=O)N2CCc3[nH]ncc3C2)c(OC)c1. The number of carbonyl (C=O) groups excluding carboxylic acids is 1. The van der Waals surface area contributed by atoms with Crippen LogP contribution in [0.15, 0.2) is 37.1 Å². The quantitative estimate of drug-likeness (QED) is 0.825. The first-order valence-corrected chi connectivity index (χ1v) is 7.90. The molecule has 1 aromatic heterocycles. The van der Waals surface area contributed by atoms with Gasteiger partial charge in [0.1, 0.15) is 0 Å². The number of ether oxygens (including phenoxy) is 2. The van der Waals surface area contributed by atoms with Gasteiger partial charge in [0.05, 0.1) is 13.3 Å². The number of fused-ring (bicyclic) bond motifs is 1. The first kappa shape index (κ1) is 16.1. The molecule has 126 valence electrons. The number of allylic oxidation sites excluding steroid dienone is 1. The van der Waals surface area contributed by atoms with Crippen LogP contribution in [0.25, 0.3) is 0 Å². The highest BCUT2D eigenvalue weighted by Gasteiger charge is 2.22. The van der Waals surface area contributed by atoms with Crippen LogP contribution in [0.2, 0.25) is 0 Å². The maximum absolute atomic E-state index is 12.4. The Balaban J connectivity index is 1.61. The summed E-state index contributed by atoms with van der Waals surface area (Å²) < 4.78 is 11.0. The minimum absolute atomic E-state index is 0.00957. The predicted molar refractivity (Wildman–Crippen MR) is 90.1 cm³/mol. The van der Waals surface area contributed by atoms with E-state index in [4.69, 9.17) is 9.47 Å². The highest BCUT2D eigenvalue weighted by atomic mass is 16.5. The third-order valence-electron chi connectivity index (χ3n) is 4.11. The van der Waals surface area contributed by atoms with Crippen molar-refractivity contribution in [2.24, 2.45) is 0 Å².